The van der Waals surface area contributed by atoms with Crippen LogP contribution in [-0.2, 0) is 0 Å². The molecule has 1 aliphatic heterocycles. The van der Waals surface area contributed by atoms with E-state index in [9.17, 15) is 10.1 Å². The second-order valence-corrected chi connectivity index (χ2v) is 4.75. The maximum absolute atomic E-state index is 11.0. The van der Waals surface area contributed by atoms with Crippen LogP contribution in [0.15, 0.2) is 6.20 Å². The Labute approximate surface area is 110 Å². The molecule has 1 fully saturated rings. The van der Waals surface area contributed by atoms with E-state index >= 15 is 0 Å². The van der Waals surface area contributed by atoms with Crippen LogP contribution in [0.5, 0.6) is 0 Å². The Balaban J connectivity index is 2.37. The van der Waals surface area contributed by atoms with E-state index in [1.807, 2.05) is 18.9 Å². The SMILES string of the molecule is CC1CN(C)CCN1c1nc(Cl)ncc1[N+](=O)[O-]. The Morgan fingerprint density at radius 2 is 2.28 bits per heavy atom. The number of aromatic nitrogens is 2. The molecule has 0 spiro atoms. The third kappa shape index (κ3) is 2.51. The number of anilines is 1. The lowest BCUT2D eigenvalue weighted by molar-refractivity contribution is -0.384. The summed E-state index contributed by atoms with van der Waals surface area (Å²) in [5.74, 6) is 0.306. The molecule has 1 saturated heterocycles. The largest absolute Gasteiger partial charge is 0.345 e. The molecule has 1 aliphatic rings. The lowest BCUT2D eigenvalue weighted by Gasteiger charge is -2.38. The highest BCUT2D eigenvalue weighted by atomic mass is 35.5. The lowest BCUT2D eigenvalue weighted by Crippen LogP contribution is -2.51. The monoisotopic (exact) mass is 271 g/mol. The topological polar surface area (TPSA) is 75.4 Å². The molecule has 2 heterocycles. The van der Waals surface area contributed by atoms with Crippen molar-refractivity contribution in [2.24, 2.45) is 0 Å². The van der Waals surface area contributed by atoms with E-state index in [1.54, 1.807) is 0 Å². The smallest absolute Gasteiger partial charge is 0.329 e. The van der Waals surface area contributed by atoms with Crippen LogP contribution in [-0.4, -0.2) is 52.5 Å². The average molecular weight is 272 g/mol. The number of nitro groups is 1. The maximum atomic E-state index is 11.0. The lowest BCUT2D eigenvalue weighted by atomic mass is 10.2. The van der Waals surface area contributed by atoms with E-state index in [0.717, 1.165) is 19.3 Å². The van der Waals surface area contributed by atoms with Gasteiger partial charge in [0.1, 0.15) is 6.20 Å². The summed E-state index contributed by atoms with van der Waals surface area (Å²) < 4.78 is 0. The van der Waals surface area contributed by atoms with Gasteiger partial charge in [-0.15, -0.1) is 0 Å². The van der Waals surface area contributed by atoms with Gasteiger partial charge >= 0.3 is 5.69 Å². The van der Waals surface area contributed by atoms with Gasteiger partial charge in [-0.2, -0.15) is 4.98 Å². The molecular formula is C10H14ClN5O2. The van der Waals surface area contributed by atoms with Gasteiger partial charge in [0.15, 0.2) is 0 Å². The number of rotatable bonds is 2. The maximum Gasteiger partial charge on any atom is 0.329 e. The molecule has 0 amide bonds. The van der Waals surface area contributed by atoms with Crippen molar-refractivity contribution in [3.63, 3.8) is 0 Å². The molecule has 18 heavy (non-hydrogen) atoms. The highest BCUT2D eigenvalue weighted by Crippen LogP contribution is 2.28. The minimum atomic E-state index is -0.475. The van der Waals surface area contributed by atoms with Gasteiger partial charge in [0.25, 0.3) is 0 Å². The van der Waals surface area contributed by atoms with Crippen LogP contribution in [0.2, 0.25) is 5.28 Å². The van der Waals surface area contributed by atoms with Crippen molar-refractivity contribution in [3.05, 3.63) is 21.6 Å². The molecule has 0 radical (unpaired) electrons. The van der Waals surface area contributed by atoms with Crippen molar-refractivity contribution in [1.82, 2.24) is 14.9 Å². The van der Waals surface area contributed by atoms with E-state index < -0.39 is 4.92 Å². The molecule has 2 rings (SSSR count). The zero-order valence-corrected chi connectivity index (χ0v) is 11.0. The summed E-state index contributed by atoms with van der Waals surface area (Å²) in [4.78, 5) is 22.3. The Morgan fingerprint density at radius 3 is 2.89 bits per heavy atom. The van der Waals surface area contributed by atoms with Crippen LogP contribution in [0.4, 0.5) is 11.5 Å². The van der Waals surface area contributed by atoms with E-state index in [0.29, 0.717) is 12.4 Å². The Morgan fingerprint density at radius 1 is 1.56 bits per heavy atom. The van der Waals surface area contributed by atoms with Gasteiger partial charge in [0, 0.05) is 25.7 Å². The number of nitrogens with zero attached hydrogens (tertiary/aromatic N) is 5. The van der Waals surface area contributed by atoms with Gasteiger partial charge in [-0.1, -0.05) is 0 Å². The predicted molar refractivity (Wildman–Crippen MR) is 68.0 cm³/mol. The number of piperazine rings is 1. The summed E-state index contributed by atoms with van der Waals surface area (Å²) in [6.07, 6.45) is 1.16. The third-order valence-electron chi connectivity index (χ3n) is 3.02. The molecule has 1 aromatic rings. The van der Waals surface area contributed by atoms with Crippen LogP contribution in [0, 0.1) is 10.1 Å². The minimum Gasteiger partial charge on any atom is -0.345 e. The molecule has 1 aromatic heterocycles. The van der Waals surface area contributed by atoms with Crippen molar-refractivity contribution in [2.45, 2.75) is 13.0 Å². The van der Waals surface area contributed by atoms with Gasteiger partial charge in [-0.25, -0.2) is 4.98 Å². The molecule has 7 nitrogen and oxygen atoms in total. The number of hydrogen-bond donors (Lipinski definition) is 0. The first kappa shape index (κ1) is 13.0. The van der Waals surface area contributed by atoms with Crippen LogP contribution in [0.3, 0.4) is 0 Å². The number of halogens is 1. The summed E-state index contributed by atoms with van der Waals surface area (Å²) in [7, 11) is 2.02. The van der Waals surface area contributed by atoms with Crippen molar-refractivity contribution in [2.75, 3.05) is 31.6 Å². The molecule has 0 aliphatic carbocycles. The van der Waals surface area contributed by atoms with Gasteiger partial charge < -0.3 is 9.80 Å². The number of likely N-dealkylation sites (N-methyl/N-ethyl adjacent to an activating group) is 1. The molecule has 0 saturated carbocycles. The highest BCUT2D eigenvalue weighted by Gasteiger charge is 2.29. The summed E-state index contributed by atoms with van der Waals surface area (Å²) in [6.45, 7) is 4.36. The molecule has 0 aromatic carbocycles. The molecule has 1 atom stereocenters. The Kier molecular flexibility index (Phi) is 3.63. The first-order valence-corrected chi connectivity index (χ1v) is 5.99. The normalized spacial score (nSPS) is 21.1. The summed E-state index contributed by atoms with van der Waals surface area (Å²) in [6, 6.07) is 0.147. The van der Waals surface area contributed by atoms with Crippen molar-refractivity contribution >= 4 is 23.1 Å². The molecule has 98 valence electrons. The van der Waals surface area contributed by atoms with Crippen molar-refractivity contribution < 1.29 is 4.92 Å². The number of hydrogen-bond acceptors (Lipinski definition) is 6. The minimum absolute atomic E-state index is 0.0294. The first-order valence-electron chi connectivity index (χ1n) is 5.61. The predicted octanol–water partition coefficient (Wildman–Crippen LogP) is 1.18. The van der Waals surface area contributed by atoms with Crippen LogP contribution >= 0.6 is 11.6 Å². The van der Waals surface area contributed by atoms with Gasteiger partial charge in [-0.05, 0) is 25.6 Å². The molecule has 8 heteroatoms. The second kappa shape index (κ2) is 5.03. The molecular weight excluding hydrogens is 258 g/mol. The van der Waals surface area contributed by atoms with Gasteiger partial charge in [0.05, 0.1) is 4.92 Å². The zero-order chi connectivity index (χ0) is 13.3. The average Bonchev–Trinajstić information content (AvgIpc) is 2.28. The zero-order valence-electron chi connectivity index (χ0n) is 10.2. The van der Waals surface area contributed by atoms with Crippen LogP contribution < -0.4 is 4.90 Å². The van der Waals surface area contributed by atoms with E-state index in [1.165, 1.54) is 0 Å². The Bertz CT molecular complexity index is 470. The third-order valence-corrected chi connectivity index (χ3v) is 3.20. The molecule has 0 bridgehead atoms. The van der Waals surface area contributed by atoms with Crippen LogP contribution in [0.1, 0.15) is 6.92 Å². The Hall–Kier alpha value is -1.47. The van der Waals surface area contributed by atoms with Crippen molar-refractivity contribution in [1.29, 1.82) is 0 Å². The second-order valence-electron chi connectivity index (χ2n) is 4.41. The fourth-order valence-corrected chi connectivity index (χ4v) is 2.27. The summed E-state index contributed by atoms with van der Waals surface area (Å²) in [5, 5.41) is 11.0. The summed E-state index contributed by atoms with van der Waals surface area (Å²) in [5.41, 5.74) is -0.101. The molecule has 0 N–H and O–H groups in total. The van der Waals surface area contributed by atoms with Crippen LogP contribution in [0.25, 0.3) is 0 Å². The van der Waals surface area contributed by atoms with E-state index in [-0.39, 0.29) is 17.0 Å². The van der Waals surface area contributed by atoms with Crippen molar-refractivity contribution in [3.8, 4) is 0 Å². The summed E-state index contributed by atoms with van der Waals surface area (Å²) >= 11 is 5.74. The van der Waals surface area contributed by atoms with E-state index in [4.69, 9.17) is 11.6 Å². The quantitative estimate of drug-likeness (QED) is 0.457. The van der Waals surface area contributed by atoms with E-state index in [2.05, 4.69) is 14.9 Å². The standard InChI is InChI=1S/C10H14ClN5O2/c1-7-6-14(2)3-4-15(7)9-8(16(17)18)5-12-10(11)13-9/h5,7H,3-4,6H2,1-2H3. The first-order chi connectivity index (χ1) is 8.49. The fourth-order valence-electron chi connectivity index (χ4n) is 2.14. The highest BCUT2D eigenvalue weighted by molar-refractivity contribution is 6.28. The fraction of sp³-hybridized carbons (Fsp3) is 0.600. The van der Waals surface area contributed by atoms with Gasteiger partial charge in [0.2, 0.25) is 11.1 Å². The molecule has 1 unspecified atom stereocenters. The van der Waals surface area contributed by atoms with Gasteiger partial charge in [-0.3, -0.25) is 10.1 Å².